The lowest BCUT2D eigenvalue weighted by Gasteiger charge is -2.12. The van der Waals surface area contributed by atoms with E-state index < -0.39 is 11.9 Å². The predicted octanol–water partition coefficient (Wildman–Crippen LogP) is 2.40. The minimum Gasteiger partial charge on any atom is -0.490 e. The van der Waals surface area contributed by atoms with Gasteiger partial charge < -0.3 is 14.2 Å². The molecule has 0 heterocycles. The first-order valence-electron chi connectivity index (χ1n) is 7.25. The zero-order valence-corrected chi connectivity index (χ0v) is 12.6. The Morgan fingerprint density at radius 3 is 2.29 bits per heavy atom. The van der Waals surface area contributed by atoms with Crippen molar-refractivity contribution in [3.05, 3.63) is 23.3 Å². The van der Waals surface area contributed by atoms with Crippen molar-refractivity contribution in [2.45, 2.75) is 27.2 Å². The molecule has 114 valence electrons. The second-order valence-corrected chi connectivity index (χ2v) is 4.70. The van der Waals surface area contributed by atoms with Gasteiger partial charge >= 0.3 is 5.97 Å². The van der Waals surface area contributed by atoms with Crippen LogP contribution in [0.15, 0.2) is 12.1 Å². The number of carbonyl (C=O) groups is 2. The number of benzene rings is 1. The van der Waals surface area contributed by atoms with Crippen molar-refractivity contribution in [3.63, 3.8) is 0 Å². The van der Waals surface area contributed by atoms with Crippen LogP contribution < -0.4 is 9.47 Å². The Morgan fingerprint density at radius 2 is 1.71 bits per heavy atom. The molecule has 0 spiro atoms. The summed E-state index contributed by atoms with van der Waals surface area (Å²) in [6.45, 7) is 6.74. The predicted molar refractivity (Wildman–Crippen MR) is 76.9 cm³/mol. The number of hydrogen-bond acceptors (Lipinski definition) is 5. The quantitative estimate of drug-likeness (QED) is 0.595. The van der Waals surface area contributed by atoms with Crippen molar-refractivity contribution < 1.29 is 23.8 Å². The number of carbonyl (C=O) groups excluding carboxylic acids is 2. The molecule has 1 atom stereocenters. The first-order valence-corrected chi connectivity index (χ1v) is 7.25. The molecular formula is C16H20O5. The average Bonchev–Trinajstić information content (AvgIpc) is 2.77. The van der Waals surface area contributed by atoms with E-state index in [9.17, 15) is 9.59 Å². The van der Waals surface area contributed by atoms with Gasteiger partial charge in [0.2, 0.25) is 0 Å². The molecule has 0 radical (unpaired) electrons. The van der Waals surface area contributed by atoms with E-state index in [1.807, 2.05) is 13.8 Å². The van der Waals surface area contributed by atoms with Crippen LogP contribution in [0, 0.1) is 5.92 Å². The van der Waals surface area contributed by atoms with E-state index in [0.29, 0.717) is 36.7 Å². The molecule has 5 heteroatoms. The molecule has 1 aromatic carbocycles. The fourth-order valence-electron chi connectivity index (χ4n) is 2.47. The number of rotatable bonds is 6. The van der Waals surface area contributed by atoms with Gasteiger partial charge in [0.1, 0.15) is 5.92 Å². The summed E-state index contributed by atoms with van der Waals surface area (Å²) >= 11 is 0. The summed E-state index contributed by atoms with van der Waals surface area (Å²) in [7, 11) is 0. The molecule has 0 saturated carbocycles. The van der Waals surface area contributed by atoms with Gasteiger partial charge in [-0.05, 0) is 44.9 Å². The van der Waals surface area contributed by atoms with Crippen LogP contribution in [-0.4, -0.2) is 31.6 Å². The van der Waals surface area contributed by atoms with Crippen molar-refractivity contribution in [3.8, 4) is 11.5 Å². The van der Waals surface area contributed by atoms with Crippen LogP contribution >= 0.6 is 0 Å². The van der Waals surface area contributed by atoms with Crippen LogP contribution in [0.25, 0.3) is 0 Å². The number of ketones is 1. The van der Waals surface area contributed by atoms with Crippen LogP contribution in [0.4, 0.5) is 0 Å². The highest BCUT2D eigenvalue weighted by atomic mass is 16.5. The highest BCUT2D eigenvalue weighted by Crippen LogP contribution is 2.37. The van der Waals surface area contributed by atoms with Gasteiger partial charge in [0.05, 0.1) is 19.8 Å². The fraction of sp³-hybridized carbons (Fsp3) is 0.500. The highest BCUT2D eigenvalue weighted by Gasteiger charge is 2.37. The Bertz CT molecular complexity index is 550. The Kier molecular flexibility index (Phi) is 4.83. The summed E-state index contributed by atoms with van der Waals surface area (Å²) in [6.07, 6.45) is 0.361. The van der Waals surface area contributed by atoms with Gasteiger partial charge in [-0.2, -0.15) is 0 Å². The lowest BCUT2D eigenvalue weighted by atomic mass is 10.1. The molecule has 0 bridgehead atoms. The number of esters is 1. The van der Waals surface area contributed by atoms with Crippen LogP contribution in [0.2, 0.25) is 0 Å². The van der Waals surface area contributed by atoms with Gasteiger partial charge in [-0.1, -0.05) is 0 Å². The Morgan fingerprint density at radius 1 is 1.10 bits per heavy atom. The van der Waals surface area contributed by atoms with Crippen LogP contribution in [0.1, 0.15) is 36.7 Å². The van der Waals surface area contributed by atoms with E-state index in [4.69, 9.17) is 14.2 Å². The Balaban J connectivity index is 2.33. The number of fused-ring (bicyclic) bond motifs is 1. The lowest BCUT2D eigenvalue weighted by Crippen LogP contribution is -2.23. The molecular weight excluding hydrogens is 272 g/mol. The monoisotopic (exact) mass is 292 g/mol. The van der Waals surface area contributed by atoms with Gasteiger partial charge in [0, 0.05) is 5.56 Å². The standard InChI is InChI=1S/C16H20O5/c1-4-19-13-8-10-7-12(16(18)21-6-3)15(17)11(10)9-14(13)20-5-2/h8-9,12H,4-7H2,1-3H3. The van der Waals surface area contributed by atoms with Gasteiger partial charge in [-0.3, -0.25) is 9.59 Å². The smallest absolute Gasteiger partial charge is 0.317 e. The molecule has 1 aromatic rings. The van der Waals surface area contributed by atoms with E-state index in [1.54, 1.807) is 19.1 Å². The summed E-state index contributed by atoms with van der Waals surface area (Å²) < 4.78 is 16.0. The fourth-order valence-corrected chi connectivity index (χ4v) is 2.47. The third-order valence-electron chi connectivity index (χ3n) is 3.35. The molecule has 1 aliphatic carbocycles. The summed E-state index contributed by atoms with van der Waals surface area (Å²) in [5.41, 5.74) is 1.34. The molecule has 1 aliphatic rings. The average molecular weight is 292 g/mol. The van der Waals surface area contributed by atoms with Crippen LogP contribution in [0.3, 0.4) is 0 Å². The topological polar surface area (TPSA) is 61.8 Å². The maximum Gasteiger partial charge on any atom is 0.317 e. The zero-order chi connectivity index (χ0) is 15.4. The summed E-state index contributed by atoms with van der Waals surface area (Å²) in [5, 5.41) is 0. The van der Waals surface area contributed by atoms with Crippen molar-refractivity contribution in [2.75, 3.05) is 19.8 Å². The van der Waals surface area contributed by atoms with Crippen molar-refractivity contribution >= 4 is 11.8 Å². The zero-order valence-electron chi connectivity index (χ0n) is 12.6. The molecule has 0 aromatic heterocycles. The van der Waals surface area contributed by atoms with Crippen molar-refractivity contribution in [1.29, 1.82) is 0 Å². The van der Waals surface area contributed by atoms with Gasteiger partial charge in [0.15, 0.2) is 17.3 Å². The summed E-state index contributed by atoms with van der Waals surface area (Å²) in [4.78, 5) is 24.2. The molecule has 5 nitrogen and oxygen atoms in total. The van der Waals surface area contributed by atoms with Crippen molar-refractivity contribution in [2.24, 2.45) is 5.92 Å². The minimum absolute atomic E-state index is 0.201. The normalized spacial score (nSPS) is 16.5. The molecule has 0 aliphatic heterocycles. The van der Waals surface area contributed by atoms with Gasteiger partial charge in [0.25, 0.3) is 0 Å². The molecule has 0 amide bonds. The highest BCUT2D eigenvalue weighted by molar-refractivity contribution is 6.12. The second kappa shape index (κ2) is 6.61. The Labute approximate surface area is 124 Å². The van der Waals surface area contributed by atoms with Crippen LogP contribution in [0.5, 0.6) is 11.5 Å². The molecule has 0 saturated heterocycles. The van der Waals surface area contributed by atoms with Crippen molar-refractivity contribution in [1.82, 2.24) is 0 Å². The summed E-state index contributed by atoms with van der Waals surface area (Å²) in [5.74, 6) is -0.264. The van der Waals surface area contributed by atoms with E-state index >= 15 is 0 Å². The number of hydrogen-bond donors (Lipinski definition) is 0. The van der Waals surface area contributed by atoms with E-state index in [0.717, 1.165) is 5.56 Å². The maximum atomic E-state index is 12.3. The third kappa shape index (κ3) is 3.01. The SMILES string of the molecule is CCOC(=O)C1Cc2cc(OCC)c(OCC)cc2C1=O. The summed E-state index contributed by atoms with van der Waals surface area (Å²) in [6, 6.07) is 3.46. The van der Waals surface area contributed by atoms with E-state index in [1.165, 1.54) is 0 Å². The van der Waals surface area contributed by atoms with Gasteiger partial charge in [-0.25, -0.2) is 0 Å². The minimum atomic E-state index is -0.744. The molecule has 1 unspecified atom stereocenters. The maximum absolute atomic E-state index is 12.3. The number of Topliss-reactive ketones (excluding diaryl/α,β-unsaturated/α-hetero) is 1. The van der Waals surface area contributed by atoms with E-state index in [-0.39, 0.29) is 12.4 Å². The van der Waals surface area contributed by atoms with E-state index in [2.05, 4.69) is 0 Å². The third-order valence-corrected chi connectivity index (χ3v) is 3.35. The molecule has 0 N–H and O–H groups in total. The number of ether oxygens (including phenoxy) is 3. The second-order valence-electron chi connectivity index (χ2n) is 4.70. The molecule has 21 heavy (non-hydrogen) atoms. The Hall–Kier alpha value is -2.04. The van der Waals surface area contributed by atoms with Gasteiger partial charge in [-0.15, -0.1) is 0 Å². The molecule has 0 fully saturated rings. The largest absolute Gasteiger partial charge is 0.490 e. The lowest BCUT2D eigenvalue weighted by molar-refractivity contribution is -0.145. The first-order chi connectivity index (χ1) is 10.1. The molecule has 2 rings (SSSR count). The van der Waals surface area contributed by atoms with Crippen LogP contribution in [-0.2, 0) is 16.0 Å². The first kappa shape index (κ1) is 15.4.